The van der Waals surface area contributed by atoms with Gasteiger partial charge in [0.05, 0.1) is 11.3 Å². The van der Waals surface area contributed by atoms with E-state index in [1.54, 1.807) is 17.5 Å². The number of hydrogen-bond acceptors (Lipinski definition) is 5. The Morgan fingerprint density at radius 3 is 2.76 bits per heavy atom. The van der Waals surface area contributed by atoms with Gasteiger partial charge < -0.3 is 5.11 Å². The van der Waals surface area contributed by atoms with E-state index in [-0.39, 0.29) is 0 Å². The lowest BCUT2D eigenvalue weighted by molar-refractivity contribution is -0.0254. The zero-order valence-corrected chi connectivity index (χ0v) is 13.1. The van der Waals surface area contributed by atoms with Gasteiger partial charge in [-0.15, -0.1) is 11.3 Å². The van der Waals surface area contributed by atoms with Crippen LogP contribution in [-0.4, -0.2) is 38.7 Å². The molecule has 3 rings (SSSR count). The molecule has 0 amide bonds. The van der Waals surface area contributed by atoms with Gasteiger partial charge in [0.1, 0.15) is 5.01 Å². The quantitative estimate of drug-likeness (QED) is 0.943. The first-order valence-electron chi connectivity index (χ1n) is 7.49. The lowest BCUT2D eigenvalue weighted by Crippen LogP contribution is -2.43. The number of pyridine rings is 1. The molecular formula is C16H21N3OS. The third kappa shape index (κ3) is 3.48. The molecule has 1 N–H and O–H groups in total. The fourth-order valence-corrected chi connectivity index (χ4v) is 3.62. The van der Waals surface area contributed by atoms with E-state index in [4.69, 9.17) is 0 Å². The van der Waals surface area contributed by atoms with Crippen molar-refractivity contribution in [2.24, 2.45) is 0 Å². The molecule has 1 fully saturated rings. The number of hydrogen-bond donors (Lipinski definition) is 1. The SMILES string of the molecule is CCC1(O)CCN(Cc2cnc(-c3ccccn3)s2)CC1. The first-order chi connectivity index (χ1) is 10.2. The van der Waals surface area contributed by atoms with E-state index in [2.05, 4.69) is 21.8 Å². The number of aliphatic hydroxyl groups is 1. The molecule has 2 aromatic rings. The molecule has 0 atom stereocenters. The van der Waals surface area contributed by atoms with Gasteiger partial charge in [-0.25, -0.2) is 4.98 Å². The minimum Gasteiger partial charge on any atom is -0.390 e. The van der Waals surface area contributed by atoms with Crippen LogP contribution < -0.4 is 0 Å². The summed E-state index contributed by atoms with van der Waals surface area (Å²) in [4.78, 5) is 12.5. The molecule has 1 saturated heterocycles. The number of nitrogens with zero attached hydrogens (tertiary/aromatic N) is 3. The van der Waals surface area contributed by atoms with Crippen molar-refractivity contribution in [1.82, 2.24) is 14.9 Å². The lowest BCUT2D eigenvalue weighted by atomic mass is 9.89. The molecular weight excluding hydrogens is 282 g/mol. The summed E-state index contributed by atoms with van der Waals surface area (Å²) >= 11 is 1.71. The van der Waals surface area contributed by atoms with Gasteiger partial charge in [0, 0.05) is 36.9 Å². The number of piperidine rings is 1. The number of likely N-dealkylation sites (tertiary alicyclic amines) is 1. The van der Waals surface area contributed by atoms with Gasteiger partial charge in [0.15, 0.2) is 0 Å². The third-order valence-corrected chi connectivity index (χ3v) is 5.27. The smallest absolute Gasteiger partial charge is 0.142 e. The fourth-order valence-electron chi connectivity index (χ4n) is 2.69. The van der Waals surface area contributed by atoms with Crippen molar-refractivity contribution in [3.63, 3.8) is 0 Å². The first kappa shape index (κ1) is 14.6. The van der Waals surface area contributed by atoms with Crippen LogP contribution in [0.2, 0.25) is 0 Å². The zero-order valence-electron chi connectivity index (χ0n) is 12.3. The molecule has 112 valence electrons. The van der Waals surface area contributed by atoms with Crippen LogP contribution in [0, 0.1) is 0 Å². The molecule has 1 aliphatic heterocycles. The average Bonchev–Trinajstić information content (AvgIpc) is 2.99. The Kier molecular flexibility index (Phi) is 4.33. The maximum Gasteiger partial charge on any atom is 0.142 e. The predicted octanol–water partition coefficient (Wildman–Crippen LogP) is 2.94. The highest BCUT2D eigenvalue weighted by atomic mass is 32.1. The van der Waals surface area contributed by atoms with Crippen molar-refractivity contribution in [2.75, 3.05) is 13.1 Å². The summed E-state index contributed by atoms with van der Waals surface area (Å²) in [5.74, 6) is 0. The highest BCUT2D eigenvalue weighted by Crippen LogP contribution is 2.28. The van der Waals surface area contributed by atoms with Crippen LogP contribution in [0.15, 0.2) is 30.6 Å². The molecule has 0 aliphatic carbocycles. The van der Waals surface area contributed by atoms with E-state index in [9.17, 15) is 5.11 Å². The Morgan fingerprint density at radius 2 is 2.10 bits per heavy atom. The van der Waals surface area contributed by atoms with Crippen LogP contribution in [0.5, 0.6) is 0 Å². The van der Waals surface area contributed by atoms with Crippen LogP contribution in [0.3, 0.4) is 0 Å². The summed E-state index contributed by atoms with van der Waals surface area (Å²) in [6.07, 6.45) is 6.35. The third-order valence-electron chi connectivity index (χ3n) is 4.26. The Hall–Kier alpha value is -1.30. The maximum atomic E-state index is 10.3. The van der Waals surface area contributed by atoms with Crippen LogP contribution in [0.4, 0.5) is 0 Å². The van der Waals surface area contributed by atoms with Gasteiger partial charge in [0.25, 0.3) is 0 Å². The summed E-state index contributed by atoms with van der Waals surface area (Å²) < 4.78 is 0. The molecule has 0 aromatic carbocycles. The first-order valence-corrected chi connectivity index (χ1v) is 8.31. The predicted molar refractivity (Wildman–Crippen MR) is 85.1 cm³/mol. The van der Waals surface area contributed by atoms with Crippen LogP contribution in [0.1, 0.15) is 31.1 Å². The topological polar surface area (TPSA) is 49.2 Å². The molecule has 1 aliphatic rings. The van der Waals surface area contributed by atoms with Gasteiger partial charge in [0.2, 0.25) is 0 Å². The van der Waals surface area contributed by atoms with Crippen LogP contribution in [0.25, 0.3) is 10.7 Å². The number of thiazole rings is 1. The van der Waals surface area contributed by atoms with E-state index in [1.165, 1.54) is 4.88 Å². The zero-order chi connectivity index (χ0) is 14.7. The Balaban J connectivity index is 1.61. The van der Waals surface area contributed by atoms with Crippen molar-refractivity contribution >= 4 is 11.3 Å². The monoisotopic (exact) mass is 303 g/mol. The molecule has 0 bridgehead atoms. The summed E-state index contributed by atoms with van der Waals surface area (Å²) in [6.45, 7) is 4.91. The Labute approximate surface area is 129 Å². The van der Waals surface area contributed by atoms with E-state index in [0.29, 0.717) is 0 Å². The highest BCUT2D eigenvalue weighted by molar-refractivity contribution is 7.14. The molecule has 21 heavy (non-hydrogen) atoms. The van der Waals surface area contributed by atoms with Gasteiger partial charge >= 0.3 is 0 Å². The van der Waals surface area contributed by atoms with Crippen molar-refractivity contribution in [2.45, 2.75) is 38.3 Å². The fraction of sp³-hybridized carbons (Fsp3) is 0.500. The molecule has 0 unspecified atom stereocenters. The summed E-state index contributed by atoms with van der Waals surface area (Å²) in [6, 6.07) is 5.89. The van der Waals surface area contributed by atoms with Crippen LogP contribution in [-0.2, 0) is 6.54 Å². The normalized spacial score (nSPS) is 18.8. The minimum absolute atomic E-state index is 0.441. The second-order valence-corrected chi connectivity index (χ2v) is 6.82. The molecule has 5 heteroatoms. The molecule has 4 nitrogen and oxygen atoms in total. The summed E-state index contributed by atoms with van der Waals surface area (Å²) in [5, 5.41) is 11.3. The van der Waals surface area contributed by atoms with Crippen molar-refractivity contribution in [3.8, 4) is 10.7 Å². The van der Waals surface area contributed by atoms with Crippen molar-refractivity contribution in [1.29, 1.82) is 0 Å². The van der Waals surface area contributed by atoms with Crippen molar-refractivity contribution in [3.05, 3.63) is 35.5 Å². The van der Waals surface area contributed by atoms with Gasteiger partial charge in [-0.1, -0.05) is 13.0 Å². The standard InChI is InChI=1S/C16H21N3OS/c1-2-16(20)6-9-19(10-7-16)12-13-11-18-15(21-13)14-5-3-4-8-17-14/h3-5,8,11,20H,2,6-7,9-10,12H2,1H3. The lowest BCUT2D eigenvalue weighted by Gasteiger charge is -2.37. The van der Waals surface area contributed by atoms with Gasteiger partial charge in [-0.2, -0.15) is 0 Å². The molecule has 0 spiro atoms. The van der Waals surface area contributed by atoms with Gasteiger partial charge in [-0.3, -0.25) is 9.88 Å². The second kappa shape index (κ2) is 6.22. The van der Waals surface area contributed by atoms with E-state index in [0.717, 1.165) is 49.6 Å². The van der Waals surface area contributed by atoms with E-state index in [1.807, 2.05) is 24.4 Å². The van der Waals surface area contributed by atoms with E-state index >= 15 is 0 Å². The number of rotatable bonds is 4. The van der Waals surface area contributed by atoms with Crippen molar-refractivity contribution < 1.29 is 5.11 Å². The highest BCUT2D eigenvalue weighted by Gasteiger charge is 2.30. The molecule has 2 aromatic heterocycles. The number of aromatic nitrogens is 2. The average molecular weight is 303 g/mol. The summed E-state index contributed by atoms with van der Waals surface area (Å²) in [7, 11) is 0. The molecule has 0 saturated carbocycles. The summed E-state index contributed by atoms with van der Waals surface area (Å²) in [5.41, 5.74) is 0.497. The largest absolute Gasteiger partial charge is 0.390 e. The maximum absolute atomic E-state index is 10.3. The molecule has 3 heterocycles. The Morgan fingerprint density at radius 1 is 1.29 bits per heavy atom. The van der Waals surface area contributed by atoms with Gasteiger partial charge in [-0.05, 0) is 31.4 Å². The Bertz CT molecular complexity index is 576. The van der Waals surface area contributed by atoms with Crippen LogP contribution >= 0.6 is 11.3 Å². The molecule has 0 radical (unpaired) electrons. The minimum atomic E-state index is -0.441. The van der Waals surface area contributed by atoms with E-state index < -0.39 is 5.60 Å². The second-order valence-electron chi connectivity index (χ2n) is 5.70.